The summed E-state index contributed by atoms with van der Waals surface area (Å²) < 4.78 is 4.78. The van der Waals surface area contributed by atoms with E-state index in [1.807, 2.05) is 18.7 Å². The van der Waals surface area contributed by atoms with E-state index in [-0.39, 0.29) is 11.9 Å². The first kappa shape index (κ1) is 13.3. The molecule has 2 atom stereocenters. The Kier molecular flexibility index (Phi) is 4.40. The third kappa shape index (κ3) is 2.81. The maximum absolute atomic E-state index is 11.4. The monoisotopic (exact) mass is 256 g/mol. The van der Waals surface area contributed by atoms with Crippen molar-refractivity contribution in [2.75, 3.05) is 12.9 Å². The molecule has 0 N–H and O–H groups in total. The Hall–Kier alpha value is -0.180. The fourth-order valence-electron chi connectivity index (χ4n) is 3.29. The number of carbonyl (C=O) groups is 1. The number of methoxy groups -OCH3 is 1. The first-order valence-corrected chi connectivity index (χ1v) is 7.92. The van der Waals surface area contributed by atoms with Gasteiger partial charge in [0.15, 0.2) is 0 Å². The minimum atomic E-state index is -0.0606. The predicted molar refractivity (Wildman–Crippen MR) is 72.2 cm³/mol. The Labute approximate surface area is 109 Å². The fourth-order valence-corrected chi connectivity index (χ4v) is 4.94. The van der Waals surface area contributed by atoms with Crippen LogP contribution in [-0.4, -0.2) is 24.1 Å². The lowest BCUT2D eigenvalue weighted by atomic mass is 9.60. The van der Waals surface area contributed by atoms with Crippen LogP contribution in [0.15, 0.2) is 0 Å². The van der Waals surface area contributed by atoms with Crippen LogP contribution in [0.2, 0.25) is 0 Å². The molecule has 0 saturated heterocycles. The topological polar surface area (TPSA) is 26.3 Å². The molecule has 0 aromatic carbocycles. The van der Waals surface area contributed by atoms with Gasteiger partial charge in [-0.05, 0) is 31.1 Å². The van der Waals surface area contributed by atoms with Gasteiger partial charge in [-0.25, -0.2) is 0 Å². The van der Waals surface area contributed by atoms with Crippen molar-refractivity contribution in [1.82, 2.24) is 0 Å². The van der Waals surface area contributed by atoms with E-state index in [1.54, 1.807) is 0 Å². The molecule has 2 aliphatic rings. The third-order valence-corrected chi connectivity index (χ3v) is 6.42. The van der Waals surface area contributed by atoms with Crippen LogP contribution in [0.3, 0.4) is 0 Å². The molecule has 0 aromatic rings. The Morgan fingerprint density at radius 1 is 1.35 bits per heavy atom. The van der Waals surface area contributed by atoms with E-state index in [2.05, 4.69) is 0 Å². The minimum absolute atomic E-state index is 0.0474. The van der Waals surface area contributed by atoms with E-state index < -0.39 is 0 Å². The highest BCUT2D eigenvalue weighted by Gasteiger charge is 2.46. The number of rotatable bonds is 4. The summed E-state index contributed by atoms with van der Waals surface area (Å²) in [6, 6.07) is 0. The van der Waals surface area contributed by atoms with Crippen LogP contribution in [0.5, 0.6) is 0 Å². The molecule has 2 nitrogen and oxygen atoms in total. The molecule has 0 bridgehead atoms. The largest absolute Gasteiger partial charge is 0.469 e. The summed E-state index contributed by atoms with van der Waals surface area (Å²) in [5.74, 6) is 0.916. The second-order valence-electron chi connectivity index (χ2n) is 5.71. The minimum Gasteiger partial charge on any atom is -0.469 e. The summed E-state index contributed by atoms with van der Waals surface area (Å²) in [6.45, 7) is 1.98. The van der Waals surface area contributed by atoms with Gasteiger partial charge in [-0.3, -0.25) is 4.79 Å². The van der Waals surface area contributed by atoms with Gasteiger partial charge in [-0.1, -0.05) is 26.2 Å². The van der Waals surface area contributed by atoms with Crippen molar-refractivity contribution in [2.45, 2.75) is 57.1 Å². The van der Waals surface area contributed by atoms with Crippen molar-refractivity contribution in [2.24, 2.45) is 11.3 Å². The lowest BCUT2D eigenvalue weighted by molar-refractivity contribution is -0.144. The van der Waals surface area contributed by atoms with E-state index in [0.717, 1.165) is 11.0 Å². The molecule has 0 aliphatic heterocycles. The Morgan fingerprint density at radius 2 is 2.06 bits per heavy atom. The van der Waals surface area contributed by atoms with E-state index in [9.17, 15) is 4.79 Å². The van der Waals surface area contributed by atoms with Crippen LogP contribution in [0, 0.1) is 11.3 Å². The summed E-state index contributed by atoms with van der Waals surface area (Å²) in [7, 11) is 1.48. The Morgan fingerprint density at radius 3 is 2.59 bits per heavy atom. The van der Waals surface area contributed by atoms with E-state index in [1.165, 1.54) is 52.1 Å². The van der Waals surface area contributed by atoms with Crippen LogP contribution in [-0.2, 0) is 9.53 Å². The number of ether oxygens (including phenoxy) is 1. The SMILES string of the molecule is COC(=O)C(C)CSC1CCC12CCCCC2. The zero-order valence-corrected chi connectivity index (χ0v) is 11.9. The van der Waals surface area contributed by atoms with E-state index in [0.29, 0.717) is 5.41 Å². The van der Waals surface area contributed by atoms with Gasteiger partial charge in [0.05, 0.1) is 13.0 Å². The van der Waals surface area contributed by atoms with Crippen LogP contribution in [0.1, 0.15) is 51.9 Å². The van der Waals surface area contributed by atoms with Crippen LogP contribution >= 0.6 is 11.8 Å². The van der Waals surface area contributed by atoms with E-state index in [4.69, 9.17) is 4.74 Å². The number of esters is 1. The van der Waals surface area contributed by atoms with Gasteiger partial charge in [-0.15, -0.1) is 0 Å². The first-order chi connectivity index (χ1) is 8.18. The van der Waals surface area contributed by atoms with Crippen LogP contribution < -0.4 is 0 Å². The average molecular weight is 256 g/mol. The highest BCUT2D eigenvalue weighted by Crippen LogP contribution is 2.56. The lowest BCUT2D eigenvalue weighted by Gasteiger charge is -2.52. The summed E-state index contributed by atoms with van der Waals surface area (Å²) in [5, 5.41) is 0.815. The molecular formula is C14H24O2S. The van der Waals surface area contributed by atoms with Crippen molar-refractivity contribution >= 4 is 17.7 Å². The average Bonchev–Trinajstić information content (AvgIpc) is 2.37. The van der Waals surface area contributed by atoms with Gasteiger partial charge in [-0.2, -0.15) is 11.8 Å². The molecule has 0 radical (unpaired) electrons. The first-order valence-electron chi connectivity index (χ1n) is 6.87. The summed E-state index contributed by atoms with van der Waals surface area (Å²) in [5.41, 5.74) is 0.652. The summed E-state index contributed by atoms with van der Waals surface area (Å²) in [4.78, 5) is 11.4. The normalized spacial score (nSPS) is 28.5. The summed E-state index contributed by atoms with van der Waals surface area (Å²) >= 11 is 2.02. The van der Waals surface area contributed by atoms with Gasteiger partial charge < -0.3 is 4.74 Å². The molecule has 1 spiro atoms. The summed E-state index contributed by atoms with van der Waals surface area (Å²) in [6.07, 6.45) is 9.91. The number of thioether (sulfide) groups is 1. The Bertz CT molecular complexity index is 271. The molecule has 2 rings (SSSR count). The van der Waals surface area contributed by atoms with Crippen LogP contribution in [0.4, 0.5) is 0 Å². The lowest BCUT2D eigenvalue weighted by Crippen LogP contribution is -2.44. The zero-order chi connectivity index (χ0) is 12.3. The smallest absolute Gasteiger partial charge is 0.309 e. The van der Waals surface area contributed by atoms with Gasteiger partial charge in [0.2, 0.25) is 0 Å². The molecule has 0 amide bonds. The highest BCUT2D eigenvalue weighted by molar-refractivity contribution is 8.00. The molecule has 2 fully saturated rings. The van der Waals surface area contributed by atoms with Gasteiger partial charge in [0.1, 0.15) is 0 Å². The zero-order valence-electron chi connectivity index (χ0n) is 11.0. The van der Waals surface area contributed by atoms with Crippen molar-refractivity contribution in [3.63, 3.8) is 0 Å². The predicted octanol–water partition coefficient (Wildman–Crippen LogP) is 3.64. The standard InChI is InChI=1S/C14H24O2S/c1-11(13(15)16-2)10-17-12-6-9-14(12)7-4-3-5-8-14/h11-12H,3-10H2,1-2H3. The number of hydrogen-bond donors (Lipinski definition) is 0. The number of carbonyl (C=O) groups excluding carboxylic acids is 1. The molecule has 2 aliphatic carbocycles. The molecular weight excluding hydrogens is 232 g/mol. The van der Waals surface area contributed by atoms with Crippen LogP contribution in [0.25, 0.3) is 0 Å². The van der Waals surface area contributed by atoms with Crippen molar-refractivity contribution in [3.05, 3.63) is 0 Å². The maximum atomic E-state index is 11.4. The maximum Gasteiger partial charge on any atom is 0.309 e. The third-order valence-electron chi connectivity index (χ3n) is 4.59. The highest BCUT2D eigenvalue weighted by atomic mass is 32.2. The van der Waals surface area contributed by atoms with Gasteiger partial charge in [0, 0.05) is 11.0 Å². The molecule has 2 saturated carbocycles. The molecule has 0 heterocycles. The molecule has 98 valence electrons. The molecule has 0 aromatic heterocycles. The van der Waals surface area contributed by atoms with Crippen molar-refractivity contribution in [1.29, 1.82) is 0 Å². The van der Waals surface area contributed by atoms with Gasteiger partial charge >= 0.3 is 5.97 Å². The van der Waals surface area contributed by atoms with Crippen molar-refractivity contribution in [3.8, 4) is 0 Å². The Balaban J connectivity index is 1.78. The second-order valence-corrected chi connectivity index (χ2v) is 6.94. The van der Waals surface area contributed by atoms with E-state index >= 15 is 0 Å². The molecule has 3 heteroatoms. The fraction of sp³-hybridized carbons (Fsp3) is 0.929. The van der Waals surface area contributed by atoms with Crippen molar-refractivity contribution < 1.29 is 9.53 Å². The molecule has 17 heavy (non-hydrogen) atoms. The van der Waals surface area contributed by atoms with Gasteiger partial charge in [0.25, 0.3) is 0 Å². The second kappa shape index (κ2) is 5.64. The quantitative estimate of drug-likeness (QED) is 0.718. The molecule has 2 unspecified atom stereocenters. The number of hydrogen-bond acceptors (Lipinski definition) is 3.